The van der Waals surface area contributed by atoms with Crippen LogP contribution < -0.4 is 15.1 Å². The maximum absolute atomic E-state index is 13.7. The number of halogens is 5. The summed E-state index contributed by atoms with van der Waals surface area (Å²) in [5, 5.41) is 6.84. The average molecular weight is 596 g/mol. The second-order valence-corrected chi connectivity index (χ2v) is 10.6. The van der Waals surface area contributed by atoms with Crippen LogP contribution in [0.1, 0.15) is 17.7 Å². The summed E-state index contributed by atoms with van der Waals surface area (Å²) in [6.07, 6.45) is -1.43. The summed E-state index contributed by atoms with van der Waals surface area (Å²) in [4.78, 5) is 35.9. The molecule has 0 radical (unpaired) electrons. The molecular formula is C27H30ClF4N7O2. The van der Waals surface area contributed by atoms with Gasteiger partial charge < -0.3 is 20.0 Å². The number of hydrogen-bond donors (Lipinski definition) is 1. The van der Waals surface area contributed by atoms with E-state index in [0.717, 1.165) is 24.7 Å². The first-order chi connectivity index (χ1) is 19.2. The van der Waals surface area contributed by atoms with Crippen LogP contribution in [0.25, 0.3) is 0 Å². The van der Waals surface area contributed by atoms with E-state index in [1.54, 1.807) is 10.9 Å². The Balaban J connectivity index is 1.61. The van der Waals surface area contributed by atoms with E-state index in [-0.39, 0.29) is 35.2 Å². The van der Waals surface area contributed by atoms with E-state index >= 15 is 0 Å². The van der Waals surface area contributed by atoms with Gasteiger partial charge in [0, 0.05) is 37.7 Å². The Morgan fingerprint density at radius 2 is 1.90 bits per heavy atom. The number of benzene rings is 1. The van der Waals surface area contributed by atoms with Gasteiger partial charge in [-0.25, -0.2) is 9.37 Å². The molecule has 9 nitrogen and oxygen atoms in total. The van der Waals surface area contributed by atoms with Crippen molar-refractivity contribution in [1.29, 1.82) is 0 Å². The van der Waals surface area contributed by atoms with Crippen LogP contribution in [-0.4, -0.2) is 71.8 Å². The zero-order chi connectivity index (χ0) is 30.1. The van der Waals surface area contributed by atoms with Gasteiger partial charge in [-0.15, -0.1) is 0 Å². The fourth-order valence-corrected chi connectivity index (χ4v) is 4.79. The third-order valence-corrected chi connectivity index (χ3v) is 7.11. The van der Waals surface area contributed by atoms with Gasteiger partial charge in [0.1, 0.15) is 17.7 Å². The normalized spacial score (nSPS) is 17.3. The number of aromatic nitrogens is 3. The smallest absolute Gasteiger partial charge is 0.344 e. The molecule has 14 heteroatoms. The first kappa shape index (κ1) is 30.3. The van der Waals surface area contributed by atoms with Crippen LogP contribution >= 0.6 is 11.6 Å². The SMILES string of the molecule is Cc1cc(C(F)(F)F)cc(N2C[C@@H](C(=O)Nc3cnn(CCN(C)C)c3)C[C@H]2C(=O)N(C)c2ccc(F)c(Cl)c2)n1. The van der Waals surface area contributed by atoms with E-state index in [9.17, 15) is 27.2 Å². The van der Waals surface area contributed by atoms with Gasteiger partial charge in [0.15, 0.2) is 0 Å². The van der Waals surface area contributed by atoms with Crippen molar-refractivity contribution in [2.75, 3.05) is 49.3 Å². The fourth-order valence-electron chi connectivity index (χ4n) is 4.62. The summed E-state index contributed by atoms with van der Waals surface area (Å²) in [6.45, 7) is 2.72. The third kappa shape index (κ3) is 7.14. The number of nitrogens with zero attached hydrogens (tertiary/aromatic N) is 6. The molecule has 2 atom stereocenters. The molecule has 1 saturated heterocycles. The average Bonchev–Trinajstić information content (AvgIpc) is 3.55. The molecular weight excluding hydrogens is 566 g/mol. The second kappa shape index (κ2) is 12.0. The fraction of sp³-hybridized carbons (Fsp3) is 0.407. The van der Waals surface area contributed by atoms with E-state index in [1.165, 1.54) is 42.1 Å². The largest absolute Gasteiger partial charge is 0.416 e. The Kier molecular flexibility index (Phi) is 8.88. The quantitative estimate of drug-likeness (QED) is 0.387. The molecule has 1 fully saturated rings. The van der Waals surface area contributed by atoms with Gasteiger partial charge >= 0.3 is 6.18 Å². The van der Waals surface area contributed by atoms with E-state index in [2.05, 4.69) is 15.4 Å². The molecule has 2 amide bonds. The van der Waals surface area contributed by atoms with Gasteiger partial charge in [-0.05, 0) is 57.8 Å². The Labute approximate surface area is 239 Å². The molecule has 4 rings (SSSR count). The number of rotatable bonds is 8. The number of carbonyl (C=O) groups is 2. The summed E-state index contributed by atoms with van der Waals surface area (Å²) in [6, 6.07) is 4.51. The van der Waals surface area contributed by atoms with Crippen LogP contribution in [0.4, 0.5) is 34.8 Å². The van der Waals surface area contributed by atoms with Crippen molar-refractivity contribution < 1.29 is 27.2 Å². The van der Waals surface area contributed by atoms with Gasteiger partial charge in [0.2, 0.25) is 11.8 Å². The maximum atomic E-state index is 13.7. The second-order valence-electron chi connectivity index (χ2n) is 10.2. The number of pyridine rings is 1. The zero-order valence-electron chi connectivity index (χ0n) is 22.9. The van der Waals surface area contributed by atoms with Crippen LogP contribution in [0, 0.1) is 18.7 Å². The molecule has 0 unspecified atom stereocenters. The number of alkyl halides is 3. The summed E-state index contributed by atoms with van der Waals surface area (Å²) in [5.74, 6) is -2.42. The minimum absolute atomic E-state index is 0.00960. The Morgan fingerprint density at radius 3 is 2.56 bits per heavy atom. The predicted molar refractivity (Wildman–Crippen MR) is 147 cm³/mol. The first-order valence-corrected chi connectivity index (χ1v) is 13.1. The van der Waals surface area contributed by atoms with Crippen LogP contribution in [0.15, 0.2) is 42.7 Å². The molecule has 0 saturated carbocycles. The van der Waals surface area contributed by atoms with Crippen LogP contribution in [-0.2, 0) is 22.3 Å². The third-order valence-electron chi connectivity index (χ3n) is 6.82. The lowest BCUT2D eigenvalue weighted by Gasteiger charge is -2.29. The van der Waals surface area contributed by atoms with Gasteiger partial charge in [-0.1, -0.05) is 11.6 Å². The van der Waals surface area contributed by atoms with Crippen LogP contribution in [0.3, 0.4) is 0 Å². The van der Waals surface area contributed by atoms with Crippen molar-refractivity contribution >= 4 is 40.6 Å². The lowest BCUT2D eigenvalue weighted by molar-refractivity contribution is -0.137. The number of carbonyl (C=O) groups excluding carboxylic acids is 2. The Bertz CT molecular complexity index is 1430. The molecule has 220 valence electrons. The number of likely N-dealkylation sites (N-methyl/N-ethyl adjacent to an activating group) is 2. The number of hydrogen-bond acceptors (Lipinski definition) is 6. The molecule has 3 heterocycles. The van der Waals surface area contributed by atoms with Crippen molar-refractivity contribution in [1.82, 2.24) is 19.7 Å². The minimum Gasteiger partial charge on any atom is -0.344 e. The number of nitrogens with one attached hydrogen (secondary N) is 1. The molecule has 2 aromatic heterocycles. The van der Waals surface area contributed by atoms with Crippen molar-refractivity contribution in [2.45, 2.75) is 32.1 Å². The highest BCUT2D eigenvalue weighted by Crippen LogP contribution is 2.36. The van der Waals surface area contributed by atoms with Crippen LogP contribution in [0.5, 0.6) is 0 Å². The molecule has 0 aliphatic carbocycles. The summed E-state index contributed by atoms with van der Waals surface area (Å²) >= 11 is 5.90. The van der Waals surface area contributed by atoms with Gasteiger partial charge in [-0.3, -0.25) is 14.3 Å². The minimum atomic E-state index is -4.63. The number of amides is 2. The molecule has 1 N–H and O–H groups in total. The Morgan fingerprint density at radius 1 is 1.17 bits per heavy atom. The zero-order valence-corrected chi connectivity index (χ0v) is 23.7. The molecule has 0 spiro atoms. The number of aryl methyl sites for hydroxylation is 1. The van der Waals surface area contributed by atoms with Crippen molar-refractivity contribution in [3.63, 3.8) is 0 Å². The molecule has 41 heavy (non-hydrogen) atoms. The predicted octanol–water partition coefficient (Wildman–Crippen LogP) is 4.46. The standard InChI is InChI=1S/C27H30ClF4N7O2/c1-16-9-18(27(30,31)32)11-24(34-16)39-14-17(25(40)35-19-13-33-38(15-19)8-7-36(2)3)10-23(39)26(41)37(4)20-5-6-22(29)21(28)12-20/h5-6,9,11-13,15,17,23H,7-8,10,14H2,1-4H3,(H,35,40)/t17-,23-/m0/s1. The maximum Gasteiger partial charge on any atom is 0.416 e. The highest BCUT2D eigenvalue weighted by molar-refractivity contribution is 6.31. The molecule has 1 aliphatic rings. The lowest BCUT2D eigenvalue weighted by Crippen LogP contribution is -2.44. The summed E-state index contributed by atoms with van der Waals surface area (Å²) in [5.41, 5.74) is -0.0607. The first-order valence-electron chi connectivity index (χ1n) is 12.8. The van der Waals surface area contributed by atoms with Gasteiger partial charge in [0.05, 0.1) is 34.9 Å². The number of anilines is 3. The van der Waals surface area contributed by atoms with E-state index in [0.29, 0.717) is 12.2 Å². The van der Waals surface area contributed by atoms with E-state index in [4.69, 9.17) is 11.6 Å². The van der Waals surface area contributed by atoms with Crippen molar-refractivity contribution in [3.8, 4) is 0 Å². The van der Waals surface area contributed by atoms with Crippen molar-refractivity contribution in [3.05, 3.63) is 64.8 Å². The highest BCUT2D eigenvalue weighted by atomic mass is 35.5. The van der Waals surface area contributed by atoms with Gasteiger partial charge in [0.25, 0.3) is 0 Å². The molecule has 3 aromatic rings. The topological polar surface area (TPSA) is 86.6 Å². The molecule has 1 aromatic carbocycles. The summed E-state index contributed by atoms with van der Waals surface area (Å²) in [7, 11) is 5.31. The van der Waals surface area contributed by atoms with Crippen molar-refractivity contribution in [2.24, 2.45) is 5.92 Å². The Hall–Kier alpha value is -3.71. The summed E-state index contributed by atoms with van der Waals surface area (Å²) < 4.78 is 56.3. The lowest BCUT2D eigenvalue weighted by atomic mass is 10.0. The van der Waals surface area contributed by atoms with Gasteiger partial charge in [-0.2, -0.15) is 18.3 Å². The molecule has 0 bridgehead atoms. The monoisotopic (exact) mass is 595 g/mol. The van der Waals surface area contributed by atoms with E-state index < -0.39 is 41.3 Å². The highest BCUT2D eigenvalue weighted by Gasteiger charge is 2.43. The van der Waals surface area contributed by atoms with Crippen LogP contribution in [0.2, 0.25) is 5.02 Å². The molecule has 1 aliphatic heterocycles. The van der Waals surface area contributed by atoms with E-state index in [1.807, 2.05) is 19.0 Å².